The molecule has 0 aliphatic heterocycles. The van der Waals surface area contributed by atoms with E-state index in [9.17, 15) is 9.59 Å². The van der Waals surface area contributed by atoms with E-state index in [-0.39, 0.29) is 11.6 Å². The van der Waals surface area contributed by atoms with Crippen LogP contribution in [0, 0.1) is 0 Å². The van der Waals surface area contributed by atoms with Crippen LogP contribution in [0.1, 0.15) is 20.8 Å². The van der Waals surface area contributed by atoms with Gasteiger partial charge >= 0.3 is 5.97 Å². The highest BCUT2D eigenvalue weighted by molar-refractivity contribution is 5.94. The topological polar surface area (TPSA) is 89.0 Å². The van der Waals surface area contributed by atoms with E-state index in [1.807, 2.05) is 0 Å². The third-order valence-corrected chi connectivity index (χ3v) is 2.65. The number of methoxy groups -OCH3 is 2. The fraction of sp³-hybridized carbons (Fsp3) is 0.462. The van der Waals surface area contributed by atoms with Gasteiger partial charge < -0.3 is 19.5 Å². The zero-order valence-electron chi connectivity index (χ0n) is 11.5. The van der Waals surface area contributed by atoms with Gasteiger partial charge in [-0.2, -0.15) is 0 Å². The Morgan fingerprint density at radius 1 is 1.20 bits per heavy atom. The summed E-state index contributed by atoms with van der Waals surface area (Å²) in [6, 6.07) is 2.76. The summed E-state index contributed by atoms with van der Waals surface area (Å²) < 4.78 is 9.92. The molecule has 0 aromatic carbocycles. The van der Waals surface area contributed by atoms with E-state index in [1.165, 1.54) is 18.3 Å². The lowest BCUT2D eigenvalue weighted by Gasteiger charge is -2.21. The summed E-state index contributed by atoms with van der Waals surface area (Å²) >= 11 is 0. The number of pyridine rings is 1. The summed E-state index contributed by atoms with van der Waals surface area (Å²) in [6.45, 7) is 1.69. The Morgan fingerprint density at radius 3 is 2.20 bits per heavy atom. The number of aromatic carboxylic acids is 1. The van der Waals surface area contributed by atoms with Crippen molar-refractivity contribution < 1.29 is 24.2 Å². The molecule has 0 unspecified atom stereocenters. The van der Waals surface area contributed by atoms with Gasteiger partial charge in [0.15, 0.2) is 0 Å². The average Bonchev–Trinajstić information content (AvgIpc) is 2.47. The molecule has 0 spiro atoms. The van der Waals surface area contributed by atoms with Crippen molar-refractivity contribution in [1.82, 2.24) is 9.88 Å². The first-order chi connectivity index (χ1) is 9.60. The molecule has 1 amide bonds. The number of ether oxygens (including phenoxy) is 2. The van der Waals surface area contributed by atoms with Crippen LogP contribution in [0.25, 0.3) is 0 Å². The molecule has 0 saturated carbocycles. The second kappa shape index (κ2) is 8.23. The maximum atomic E-state index is 12.3. The van der Waals surface area contributed by atoms with Gasteiger partial charge in [0.05, 0.1) is 18.8 Å². The predicted molar refractivity (Wildman–Crippen MR) is 70.9 cm³/mol. The van der Waals surface area contributed by atoms with E-state index in [4.69, 9.17) is 14.6 Å². The monoisotopic (exact) mass is 282 g/mol. The van der Waals surface area contributed by atoms with Crippen LogP contribution in [0.4, 0.5) is 0 Å². The lowest BCUT2D eigenvalue weighted by Crippen LogP contribution is -2.36. The van der Waals surface area contributed by atoms with Crippen LogP contribution in [0.2, 0.25) is 0 Å². The van der Waals surface area contributed by atoms with Crippen LogP contribution < -0.4 is 0 Å². The number of nitrogens with zero attached hydrogens (tertiary/aromatic N) is 2. The van der Waals surface area contributed by atoms with Crippen LogP contribution in [0.5, 0.6) is 0 Å². The molecular formula is C13H18N2O5. The lowest BCUT2D eigenvalue weighted by atomic mass is 10.2. The lowest BCUT2D eigenvalue weighted by molar-refractivity contribution is 0.0624. The Hall–Kier alpha value is -1.99. The van der Waals surface area contributed by atoms with E-state index in [0.717, 1.165) is 0 Å². The van der Waals surface area contributed by atoms with Gasteiger partial charge in [0, 0.05) is 33.5 Å². The molecule has 20 heavy (non-hydrogen) atoms. The largest absolute Gasteiger partial charge is 0.477 e. The van der Waals surface area contributed by atoms with Crippen LogP contribution in [0.3, 0.4) is 0 Å². The van der Waals surface area contributed by atoms with Crippen LogP contribution >= 0.6 is 0 Å². The van der Waals surface area contributed by atoms with Crippen molar-refractivity contribution in [1.29, 1.82) is 0 Å². The third kappa shape index (κ3) is 4.60. The van der Waals surface area contributed by atoms with E-state index >= 15 is 0 Å². The minimum absolute atomic E-state index is 0.0955. The molecule has 7 nitrogen and oxygen atoms in total. The van der Waals surface area contributed by atoms with Crippen molar-refractivity contribution in [3.8, 4) is 0 Å². The molecule has 1 aromatic rings. The molecule has 0 fully saturated rings. The number of hydrogen-bond donors (Lipinski definition) is 1. The first-order valence-electron chi connectivity index (χ1n) is 6.06. The molecule has 1 heterocycles. The molecule has 0 aliphatic rings. The summed E-state index contributed by atoms with van der Waals surface area (Å²) in [5, 5.41) is 8.76. The van der Waals surface area contributed by atoms with Gasteiger partial charge in [-0.15, -0.1) is 0 Å². The Labute approximate surface area is 117 Å². The van der Waals surface area contributed by atoms with Gasteiger partial charge in [-0.25, -0.2) is 9.78 Å². The number of amides is 1. The van der Waals surface area contributed by atoms with Crippen molar-refractivity contribution >= 4 is 11.9 Å². The highest BCUT2D eigenvalue weighted by Crippen LogP contribution is 2.05. The standard InChI is InChI=1S/C13H18N2O5/c1-19-7-5-15(6-8-20-2)12(16)10-3-4-11(13(17)18)14-9-10/h3-4,9H,5-8H2,1-2H3,(H,17,18). The van der Waals surface area contributed by atoms with E-state index in [0.29, 0.717) is 31.9 Å². The number of rotatable bonds is 8. The predicted octanol–water partition coefficient (Wildman–Crippen LogP) is 0.515. The summed E-state index contributed by atoms with van der Waals surface area (Å²) in [7, 11) is 3.12. The summed E-state index contributed by atoms with van der Waals surface area (Å²) in [4.78, 5) is 28.3. The van der Waals surface area contributed by atoms with Gasteiger partial charge in [0.25, 0.3) is 5.91 Å². The van der Waals surface area contributed by atoms with E-state index in [1.54, 1.807) is 19.1 Å². The summed E-state index contributed by atoms with van der Waals surface area (Å²) in [6.07, 6.45) is 1.26. The molecule has 0 atom stereocenters. The zero-order chi connectivity index (χ0) is 15.0. The van der Waals surface area contributed by atoms with Gasteiger partial charge in [-0.05, 0) is 12.1 Å². The first kappa shape index (κ1) is 16.1. The van der Waals surface area contributed by atoms with Crippen molar-refractivity contribution in [2.45, 2.75) is 0 Å². The normalized spacial score (nSPS) is 10.3. The van der Waals surface area contributed by atoms with Crippen molar-refractivity contribution in [2.24, 2.45) is 0 Å². The van der Waals surface area contributed by atoms with Gasteiger partial charge in [0.2, 0.25) is 0 Å². The summed E-state index contributed by atoms with van der Waals surface area (Å²) in [5.74, 6) is -1.36. The van der Waals surface area contributed by atoms with Gasteiger partial charge in [0.1, 0.15) is 5.69 Å². The Balaban J connectivity index is 2.78. The Bertz CT molecular complexity index is 439. The van der Waals surface area contributed by atoms with E-state index < -0.39 is 5.97 Å². The second-order valence-electron chi connectivity index (χ2n) is 4.02. The van der Waals surface area contributed by atoms with Crippen molar-refractivity contribution in [3.05, 3.63) is 29.6 Å². The first-order valence-corrected chi connectivity index (χ1v) is 6.06. The maximum absolute atomic E-state index is 12.3. The minimum atomic E-state index is -1.13. The van der Waals surface area contributed by atoms with Crippen molar-refractivity contribution in [2.75, 3.05) is 40.5 Å². The highest BCUT2D eigenvalue weighted by atomic mass is 16.5. The Morgan fingerprint density at radius 2 is 1.80 bits per heavy atom. The van der Waals surface area contributed by atoms with Crippen molar-refractivity contribution in [3.63, 3.8) is 0 Å². The quantitative estimate of drug-likeness (QED) is 0.747. The molecule has 0 saturated heterocycles. The van der Waals surface area contributed by atoms with E-state index in [2.05, 4.69) is 4.98 Å². The van der Waals surface area contributed by atoms with Crippen LogP contribution in [-0.2, 0) is 9.47 Å². The number of hydrogen-bond acceptors (Lipinski definition) is 5. The SMILES string of the molecule is COCCN(CCOC)C(=O)c1ccc(C(=O)O)nc1. The summed E-state index contributed by atoms with van der Waals surface area (Å²) in [5.41, 5.74) is 0.240. The maximum Gasteiger partial charge on any atom is 0.354 e. The number of carboxylic acid groups (broad SMARTS) is 1. The molecule has 0 bridgehead atoms. The zero-order valence-corrected chi connectivity index (χ0v) is 11.5. The number of carboxylic acids is 1. The Kier molecular flexibility index (Phi) is 6.61. The highest BCUT2D eigenvalue weighted by Gasteiger charge is 2.16. The molecule has 1 aromatic heterocycles. The average molecular weight is 282 g/mol. The van der Waals surface area contributed by atoms with Crippen LogP contribution in [0.15, 0.2) is 18.3 Å². The third-order valence-electron chi connectivity index (χ3n) is 2.65. The fourth-order valence-electron chi connectivity index (χ4n) is 1.55. The van der Waals surface area contributed by atoms with Gasteiger partial charge in [-0.1, -0.05) is 0 Å². The molecular weight excluding hydrogens is 264 g/mol. The number of carbonyl (C=O) groups is 2. The molecule has 0 radical (unpaired) electrons. The molecule has 0 aliphatic carbocycles. The number of carbonyl (C=O) groups excluding carboxylic acids is 1. The smallest absolute Gasteiger partial charge is 0.354 e. The fourth-order valence-corrected chi connectivity index (χ4v) is 1.55. The van der Waals surface area contributed by atoms with Gasteiger partial charge in [-0.3, -0.25) is 4.79 Å². The van der Waals surface area contributed by atoms with Crippen LogP contribution in [-0.4, -0.2) is 67.4 Å². The molecule has 1 N–H and O–H groups in total. The molecule has 1 rings (SSSR count). The number of aromatic nitrogens is 1. The molecule has 7 heteroatoms. The second-order valence-corrected chi connectivity index (χ2v) is 4.02. The minimum Gasteiger partial charge on any atom is -0.477 e. The molecule has 110 valence electrons.